The van der Waals surface area contributed by atoms with Crippen LogP contribution in [-0.4, -0.2) is 34.7 Å². The van der Waals surface area contributed by atoms with Gasteiger partial charge in [-0.25, -0.2) is 9.59 Å². The first-order valence-electron chi connectivity index (χ1n) is 6.42. The third kappa shape index (κ3) is 7.33. The monoisotopic (exact) mass is 272 g/mol. The zero-order valence-corrected chi connectivity index (χ0v) is 11.3. The van der Waals surface area contributed by atoms with E-state index < -0.39 is 29.9 Å². The fraction of sp³-hybridized carbons (Fsp3) is 0.692. The van der Waals surface area contributed by atoms with E-state index in [0.717, 1.165) is 19.3 Å². The number of esters is 1. The van der Waals surface area contributed by atoms with Gasteiger partial charge in [0.1, 0.15) is 6.10 Å². The zero-order valence-electron chi connectivity index (χ0n) is 11.3. The van der Waals surface area contributed by atoms with E-state index in [0.29, 0.717) is 12.8 Å². The summed E-state index contributed by atoms with van der Waals surface area (Å²) in [6.45, 7) is 3.93. The molecule has 0 fully saturated rings. The molecule has 108 valence electrons. The lowest BCUT2D eigenvalue weighted by Gasteiger charge is -2.16. The highest BCUT2D eigenvalue weighted by Gasteiger charge is 2.25. The van der Waals surface area contributed by atoms with Crippen LogP contribution in [-0.2, 0) is 23.9 Å². The fourth-order valence-electron chi connectivity index (χ4n) is 1.53. The van der Waals surface area contributed by atoms with Gasteiger partial charge in [-0.3, -0.25) is 9.59 Å². The first kappa shape index (κ1) is 17.3. The Labute approximate surface area is 112 Å². The van der Waals surface area contributed by atoms with Gasteiger partial charge >= 0.3 is 11.9 Å². The molecule has 0 radical (unpaired) electrons. The van der Waals surface area contributed by atoms with Crippen LogP contribution in [0.1, 0.15) is 52.4 Å². The van der Waals surface area contributed by atoms with E-state index in [1.807, 2.05) is 13.8 Å². The van der Waals surface area contributed by atoms with E-state index in [4.69, 9.17) is 9.84 Å². The second kappa shape index (κ2) is 9.24. The summed E-state index contributed by atoms with van der Waals surface area (Å²) in [6.07, 6.45) is 2.65. The summed E-state index contributed by atoms with van der Waals surface area (Å²) < 4.78 is 5.00. The van der Waals surface area contributed by atoms with Crippen LogP contribution < -0.4 is 0 Å². The van der Waals surface area contributed by atoms with Crippen LogP contribution >= 0.6 is 0 Å². The van der Waals surface area contributed by atoms with Crippen LogP contribution in [0.5, 0.6) is 0 Å². The molecule has 0 rings (SSSR count). The minimum Gasteiger partial charge on any atom is -0.475 e. The maximum atomic E-state index is 11.4. The number of hydrogen-bond acceptors (Lipinski definition) is 5. The lowest BCUT2D eigenvalue weighted by molar-refractivity contribution is -0.160. The number of carbonyl (C=O) groups excluding carboxylic acids is 3. The largest absolute Gasteiger partial charge is 0.475 e. The van der Waals surface area contributed by atoms with Crippen molar-refractivity contribution >= 4 is 23.5 Å². The summed E-state index contributed by atoms with van der Waals surface area (Å²) in [5, 5.41) is 8.34. The van der Waals surface area contributed by atoms with Crippen LogP contribution in [0.25, 0.3) is 0 Å². The van der Waals surface area contributed by atoms with Gasteiger partial charge in [-0.1, -0.05) is 33.1 Å². The van der Waals surface area contributed by atoms with Crippen molar-refractivity contribution in [2.24, 2.45) is 0 Å². The zero-order chi connectivity index (χ0) is 14.8. The molecule has 0 aromatic heterocycles. The van der Waals surface area contributed by atoms with E-state index in [1.165, 1.54) is 0 Å². The van der Waals surface area contributed by atoms with Gasteiger partial charge in [0.2, 0.25) is 11.6 Å². The van der Waals surface area contributed by atoms with Crippen LogP contribution in [0.3, 0.4) is 0 Å². The van der Waals surface area contributed by atoms with Crippen molar-refractivity contribution in [2.75, 3.05) is 0 Å². The molecular weight excluding hydrogens is 252 g/mol. The van der Waals surface area contributed by atoms with Crippen molar-refractivity contribution in [3.63, 3.8) is 0 Å². The highest BCUT2D eigenvalue weighted by Crippen LogP contribution is 2.11. The fourth-order valence-corrected chi connectivity index (χ4v) is 1.53. The molecule has 0 aromatic carbocycles. The number of carboxylic acids is 1. The number of aliphatic carboxylic acids is 1. The highest BCUT2D eigenvalue weighted by atomic mass is 16.5. The number of carboxylic acid groups (broad SMARTS) is 1. The molecule has 0 spiro atoms. The maximum absolute atomic E-state index is 11.4. The summed E-state index contributed by atoms with van der Waals surface area (Å²) in [5.41, 5.74) is 0. The van der Waals surface area contributed by atoms with Crippen LogP contribution in [0.4, 0.5) is 0 Å². The minimum absolute atomic E-state index is 0.346. The summed E-state index contributed by atoms with van der Waals surface area (Å²) in [4.78, 5) is 43.8. The average Bonchev–Trinajstić information content (AvgIpc) is 2.35. The molecule has 0 amide bonds. The first-order valence-corrected chi connectivity index (χ1v) is 6.42. The third-order valence-corrected chi connectivity index (χ3v) is 2.55. The molecular formula is C13H20O6. The molecule has 0 bridgehead atoms. The van der Waals surface area contributed by atoms with Gasteiger partial charge in [0.25, 0.3) is 0 Å². The molecule has 0 saturated carbocycles. The number of hydrogen-bond donors (Lipinski definition) is 1. The first-order chi connectivity index (χ1) is 8.92. The van der Waals surface area contributed by atoms with Crippen LogP contribution in [0.15, 0.2) is 0 Å². The number of ketones is 2. The second-order valence-corrected chi connectivity index (χ2v) is 4.29. The van der Waals surface area contributed by atoms with Crippen molar-refractivity contribution < 1.29 is 29.0 Å². The predicted octanol–water partition coefficient (Wildman–Crippen LogP) is 1.50. The van der Waals surface area contributed by atoms with Crippen LogP contribution in [0, 0.1) is 0 Å². The van der Waals surface area contributed by atoms with Gasteiger partial charge in [-0.15, -0.1) is 0 Å². The maximum Gasteiger partial charge on any atom is 0.375 e. The van der Waals surface area contributed by atoms with E-state index in [-0.39, 0.29) is 6.10 Å². The van der Waals surface area contributed by atoms with Crippen molar-refractivity contribution in [1.82, 2.24) is 0 Å². The molecule has 19 heavy (non-hydrogen) atoms. The van der Waals surface area contributed by atoms with E-state index >= 15 is 0 Å². The van der Waals surface area contributed by atoms with E-state index in [2.05, 4.69) is 0 Å². The van der Waals surface area contributed by atoms with Gasteiger partial charge in [0.15, 0.2) is 0 Å². The van der Waals surface area contributed by atoms with Crippen molar-refractivity contribution in [3.05, 3.63) is 0 Å². The number of rotatable bonds is 10. The van der Waals surface area contributed by atoms with Gasteiger partial charge in [-0.05, 0) is 12.8 Å². The van der Waals surface area contributed by atoms with Gasteiger partial charge in [0, 0.05) is 0 Å². The average molecular weight is 272 g/mol. The van der Waals surface area contributed by atoms with Crippen molar-refractivity contribution in [2.45, 2.75) is 58.5 Å². The Bertz CT molecular complexity index is 347. The number of Topliss-reactive ketones (excluding diaryl/α,β-unsaturated/α-hetero) is 2. The number of ether oxygens (including phenoxy) is 1. The van der Waals surface area contributed by atoms with Gasteiger partial charge < -0.3 is 9.84 Å². The third-order valence-electron chi connectivity index (χ3n) is 2.55. The quantitative estimate of drug-likeness (QED) is 0.367. The van der Waals surface area contributed by atoms with Crippen molar-refractivity contribution in [1.29, 1.82) is 0 Å². The molecule has 0 aliphatic rings. The number of unbranched alkanes of at least 4 members (excludes halogenated alkanes) is 1. The SMILES string of the molecule is CCCCC(CCC)OC(=O)C(=O)CC(=O)C(=O)O. The molecule has 1 atom stereocenters. The smallest absolute Gasteiger partial charge is 0.375 e. The molecule has 6 heteroatoms. The normalized spacial score (nSPS) is 11.7. The minimum atomic E-state index is -1.72. The van der Waals surface area contributed by atoms with E-state index in [9.17, 15) is 19.2 Å². The summed E-state index contributed by atoms with van der Waals surface area (Å²) in [7, 11) is 0. The Morgan fingerprint density at radius 3 is 2.11 bits per heavy atom. The van der Waals surface area contributed by atoms with Gasteiger partial charge in [-0.2, -0.15) is 0 Å². The lowest BCUT2D eigenvalue weighted by Crippen LogP contribution is -2.28. The molecule has 1 unspecified atom stereocenters. The van der Waals surface area contributed by atoms with Crippen LogP contribution in [0.2, 0.25) is 0 Å². The Kier molecular flexibility index (Phi) is 8.41. The molecule has 0 saturated heterocycles. The Hall–Kier alpha value is -1.72. The molecule has 6 nitrogen and oxygen atoms in total. The standard InChI is InChI=1S/C13H20O6/c1-3-5-7-9(6-4-2)19-13(18)11(15)8-10(14)12(16)17/h9H,3-8H2,1-2H3,(H,16,17). The molecule has 0 aromatic rings. The van der Waals surface area contributed by atoms with Crippen molar-refractivity contribution in [3.8, 4) is 0 Å². The Balaban J connectivity index is 4.33. The topological polar surface area (TPSA) is 97.7 Å². The lowest BCUT2D eigenvalue weighted by atomic mass is 10.1. The molecule has 0 aliphatic heterocycles. The molecule has 0 heterocycles. The summed E-state index contributed by atoms with van der Waals surface area (Å²) in [6, 6.07) is 0. The Morgan fingerprint density at radius 2 is 1.63 bits per heavy atom. The molecule has 0 aliphatic carbocycles. The van der Waals surface area contributed by atoms with Gasteiger partial charge in [0.05, 0.1) is 6.42 Å². The van der Waals surface area contributed by atoms with E-state index in [1.54, 1.807) is 0 Å². The number of carbonyl (C=O) groups is 4. The second-order valence-electron chi connectivity index (χ2n) is 4.29. The molecule has 1 N–H and O–H groups in total. The predicted molar refractivity (Wildman–Crippen MR) is 66.6 cm³/mol. The summed E-state index contributed by atoms with van der Waals surface area (Å²) >= 11 is 0. The summed E-state index contributed by atoms with van der Waals surface area (Å²) in [5.74, 6) is -5.26. The highest BCUT2D eigenvalue weighted by molar-refractivity contribution is 6.45. The Morgan fingerprint density at radius 1 is 1.00 bits per heavy atom.